The van der Waals surface area contributed by atoms with E-state index in [0.29, 0.717) is 17.3 Å². The molecule has 124 valence electrons. The summed E-state index contributed by atoms with van der Waals surface area (Å²) in [5.74, 6) is 0.556. The number of nitrogens with one attached hydrogen (secondary N) is 2. The van der Waals surface area contributed by atoms with Crippen LogP contribution in [0.5, 0.6) is 0 Å². The van der Waals surface area contributed by atoms with Crippen LogP contribution in [-0.2, 0) is 6.54 Å². The first kappa shape index (κ1) is 15.1. The number of rotatable bonds is 5. The third-order valence-electron chi connectivity index (χ3n) is 4.49. The van der Waals surface area contributed by atoms with E-state index in [1.165, 1.54) is 12.1 Å². The van der Waals surface area contributed by atoms with E-state index in [9.17, 15) is 14.0 Å². The lowest BCUT2D eigenvalue weighted by molar-refractivity contribution is 0.0945. The van der Waals surface area contributed by atoms with Gasteiger partial charge in [-0.2, -0.15) is 0 Å². The Bertz CT molecular complexity index is 854. The number of amides is 1. The van der Waals surface area contributed by atoms with Gasteiger partial charge >= 0.3 is 0 Å². The van der Waals surface area contributed by atoms with Crippen molar-refractivity contribution < 1.29 is 9.18 Å². The molecule has 0 aliphatic heterocycles. The van der Waals surface area contributed by atoms with Crippen molar-refractivity contribution in [3.63, 3.8) is 0 Å². The van der Waals surface area contributed by atoms with Crippen molar-refractivity contribution in [3.8, 4) is 0 Å². The first-order valence-electron chi connectivity index (χ1n) is 8.28. The molecule has 0 atom stereocenters. The second-order valence-corrected chi connectivity index (χ2v) is 6.60. The predicted molar refractivity (Wildman–Crippen MR) is 86.4 cm³/mol. The van der Waals surface area contributed by atoms with Crippen molar-refractivity contribution in [1.29, 1.82) is 0 Å². The van der Waals surface area contributed by atoms with E-state index < -0.39 is 5.91 Å². The van der Waals surface area contributed by atoms with Crippen LogP contribution in [0.2, 0.25) is 0 Å². The molecule has 2 aromatic rings. The van der Waals surface area contributed by atoms with Gasteiger partial charge in [0.1, 0.15) is 17.3 Å². The first-order valence-corrected chi connectivity index (χ1v) is 8.28. The number of carbonyl (C=O) groups excluding carboxylic acids is 1. The summed E-state index contributed by atoms with van der Waals surface area (Å²) in [5, 5.41) is 2.70. The Balaban J connectivity index is 1.44. The Kier molecular flexibility index (Phi) is 3.67. The molecule has 6 heteroatoms. The van der Waals surface area contributed by atoms with Crippen LogP contribution in [-0.4, -0.2) is 15.9 Å². The largest absolute Gasteiger partial charge is 0.347 e. The van der Waals surface area contributed by atoms with Gasteiger partial charge in [-0.05, 0) is 48.8 Å². The SMILES string of the molecule is O=C(NCc1ccc(C2CC2)c(F)c1)c1cc(=O)[nH]c(C2CC2)n1. The van der Waals surface area contributed by atoms with Crippen molar-refractivity contribution in [2.75, 3.05) is 0 Å². The van der Waals surface area contributed by atoms with Gasteiger partial charge in [-0.15, -0.1) is 0 Å². The first-order chi connectivity index (χ1) is 11.6. The molecular weight excluding hydrogens is 309 g/mol. The molecule has 0 radical (unpaired) electrons. The Morgan fingerprint density at radius 3 is 2.62 bits per heavy atom. The number of hydrogen-bond donors (Lipinski definition) is 2. The van der Waals surface area contributed by atoms with Crippen LogP contribution in [0, 0.1) is 5.82 Å². The zero-order valence-electron chi connectivity index (χ0n) is 13.1. The highest BCUT2D eigenvalue weighted by Gasteiger charge is 2.27. The lowest BCUT2D eigenvalue weighted by atomic mass is 10.1. The Morgan fingerprint density at radius 2 is 1.96 bits per heavy atom. The van der Waals surface area contributed by atoms with Crippen molar-refractivity contribution in [2.45, 2.75) is 44.1 Å². The topological polar surface area (TPSA) is 74.8 Å². The second-order valence-electron chi connectivity index (χ2n) is 6.60. The molecule has 24 heavy (non-hydrogen) atoms. The van der Waals surface area contributed by atoms with E-state index in [0.717, 1.165) is 31.2 Å². The summed E-state index contributed by atoms with van der Waals surface area (Å²) in [6.45, 7) is 0.202. The van der Waals surface area contributed by atoms with E-state index in [-0.39, 0.29) is 29.5 Å². The number of H-pyrrole nitrogens is 1. The van der Waals surface area contributed by atoms with Crippen molar-refractivity contribution in [2.24, 2.45) is 0 Å². The van der Waals surface area contributed by atoms with Gasteiger partial charge in [0.05, 0.1) is 0 Å². The molecule has 1 amide bonds. The average molecular weight is 327 g/mol. The predicted octanol–water partition coefficient (Wildman–Crippen LogP) is 2.59. The normalized spacial score (nSPS) is 16.9. The molecule has 0 spiro atoms. The quantitative estimate of drug-likeness (QED) is 0.886. The summed E-state index contributed by atoms with van der Waals surface area (Å²) in [7, 11) is 0. The summed E-state index contributed by atoms with van der Waals surface area (Å²) in [6, 6.07) is 6.29. The highest BCUT2D eigenvalue weighted by Crippen LogP contribution is 2.41. The third kappa shape index (κ3) is 3.22. The fourth-order valence-electron chi connectivity index (χ4n) is 2.82. The van der Waals surface area contributed by atoms with Crippen LogP contribution in [0.15, 0.2) is 29.1 Å². The summed E-state index contributed by atoms with van der Waals surface area (Å²) >= 11 is 0. The molecule has 1 aromatic carbocycles. The monoisotopic (exact) mass is 327 g/mol. The maximum Gasteiger partial charge on any atom is 0.270 e. The van der Waals surface area contributed by atoms with Gasteiger partial charge in [0.25, 0.3) is 11.5 Å². The van der Waals surface area contributed by atoms with Crippen LogP contribution in [0.3, 0.4) is 0 Å². The van der Waals surface area contributed by atoms with Crippen LogP contribution >= 0.6 is 0 Å². The number of carbonyl (C=O) groups is 1. The summed E-state index contributed by atoms with van der Waals surface area (Å²) in [5.41, 5.74) is 1.24. The standard InChI is InChI=1S/C18H18FN3O2/c19-14-7-10(1-6-13(14)11-2-3-11)9-20-18(24)15-8-16(23)22-17(21-15)12-4-5-12/h1,6-8,11-12H,2-5,9H2,(H,20,24)(H,21,22,23). The van der Waals surface area contributed by atoms with Gasteiger partial charge in [-0.25, -0.2) is 9.37 Å². The fourth-order valence-corrected chi connectivity index (χ4v) is 2.82. The minimum atomic E-state index is -0.422. The highest BCUT2D eigenvalue weighted by molar-refractivity contribution is 5.92. The molecule has 2 N–H and O–H groups in total. The Labute approximate surface area is 138 Å². The molecule has 5 nitrogen and oxygen atoms in total. The van der Waals surface area contributed by atoms with Gasteiger partial charge in [0.15, 0.2) is 0 Å². The molecule has 2 aliphatic carbocycles. The van der Waals surface area contributed by atoms with Crippen molar-refractivity contribution in [1.82, 2.24) is 15.3 Å². The fraction of sp³-hybridized carbons (Fsp3) is 0.389. The minimum absolute atomic E-state index is 0.107. The number of aromatic amines is 1. The van der Waals surface area contributed by atoms with Crippen LogP contribution in [0.25, 0.3) is 0 Å². The molecule has 0 unspecified atom stereocenters. The molecule has 1 aromatic heterocycles. The van der Waals surface area contributed by atoms with Crippen molar-refractivity contribution in [3.05, 3.63) is 63.1 Å². The number of benzene rings is 1. The lowest BCUT2D eigenvalue weighted by Gasteiger charge is -2.08. The molecule has 0 bridgehead atoms. The average Bonchev–Trinajstić information content (AvgIpc) is 3.45. The molecule has 2 fully saturated rings. The molecule has 1 heterocycles. The van der Waals surface area contributed by atoms with Gasteiger partial charge in [0, 0.05) is 18.5 Å². The minimum Gasteiger partial charge on any atom is -0.347 e. The van der Waals surface area contributed by atoms with Crippen LogP contribution < -0.4 is 10.9 Å². The van der Waals surface area contributed by atoms with Crippen LogP contribution in [0.4, 0.5) is 4.39 Å². The van der Waals surface area contributed by atoms with Crippen molar-refractivity contribution >= 4 is 5.91 Å². The summed E-state index contributed by atoms with van der Waals surface area (Å²) in [6.07, 6.45) is 4.07. The zero-order chi connectivity index (χ0) is 16.7. The van der Waals surface area contributed by atoms with Gasteiger partial charge in [0.2, 0.25) is 0 Å². The van der Waals surface area contributed by atoms with E-state index in [1.54, 1.807) is 6.07 Å². The van der Waals surface area contributed by atoms with E-state index in [2.05, 4.69) is 15.3 Å². The summed E-state index contributed by atoms with van der Waals surface area (Å²) in [4.78, 5) is 30.8. The second kappa shape index (κ2) is 5.85. The lowest BCUT2D eigenvalue weighted by Crippen LogP contribution is -2.26. The molecule has 2 aliphatic rings. The van der Waals surface area contributed by atoms with Gasteiger partial charge in [-0.1, -0.05) is 12.1 Å². The Morgan fingerprint density at radius 1 is 1.21 bits per heavy atom. The number of aromatic nitrogens is 2. The van der Waals surface area contributed by atoms with E-state index >= 15 is 0 Å². The smallest absolute Gasteiger partial charge is 0.270 e. The maximum absolute atomic E-state index is 14.0. The highest BCUT2D eigenvalue weighted by atomic mass is 19.1. The molecular formula is C18H18FN3O2. The van der Waals surface area contributed by atoms with Gasteiger partial charge in [-0.3, -0.25) is 9.59 Å². The number of hydrogen-bond acceptors (Lipinski definition) is 3. The van der Waals surface area contributed by atoms with Crippen LogP contribution in [0.1, 0.15) is 65.0 Å². The maximum atomic E-state index is 14.0. The van der Waals surface area contributed by atoms with E-state index in [4.69, 9.17) is 0 Å². The molecule has 2 saturated carbocycles. The Hall–Kier alpha value is -2.50. The molecule has 4 rings (SSSR count). The molecule has 0 saturated heterocycles. The number of nitrogens with zero attached hydrogens (tertiary/aromatic N) is 1. The number of halogens is 1. The summed E-state index contributed by atoms with van der Waals surface area (Å²) < 4.78 is 14.0. The third-order valence-corrected chi connectivity index (χ3v) is 4.49. The van der Waals surface area contributed by atoms with Gasteiger partial charge < -0.3 is 10.3 Å². The van der Waals surface area contributed by atoms with E-state index in [1.807, 2.05) is 6.07 Å². The zero-order valence-corrected chi connectivity index (χ0v) is 13.1.